The summed E-state index contributed by atoms with van der Waals surface area (Å²) in [6.45, 7) is 0.607. The number of hydrogen-bond donors (Lipinski definition) is 2. The van der Waals surface area contributed by atoms with Gasteiger partial charge < -0.3 is 19.0 Å². The molecule has 40 heavy (non-hydrogen) atoms. The van der Waals surface area contributed by atoms with Gasteiger partial charge in [-0.3, -0.25) is 19.4 Å². The molecule has 1 aromatic carbocycles. The zero-order chi connectivity index (χ0) is 27.8. The fourth-order valence-electron chi connectivity index (χ4n) is 4.35. The van der Waals surface area contributed by atoms with E-state index in [1.165, 1.54) is 22.0 Å². The van der Waals surface area contributed by atoms with Crippen LogP contribution in [0.25, 0.3) is 38.5 Å². The van der Waals surface area contributed by atoms with E-state index in [-0.39, 0.29) is 16.8 Å². The maximum Gasteiger partial charge on any atom is 0.292 e. The number of carbonyl (C=O) groups excluding carboxylic acids is 1. The first-order valence-corrected chi connectivity index (χ1v) is 13.3. The molecule has 0 bridgehead atoms. The molecule has 10 nitrogen and oxygen atoms in total. The number of fused-ring (bicyclic) bond motifs is 2. The standard InChI is InChI=1S/C28H21ClN6O4S/c1-38-14-12-35-23(30)18(15-19-24(35)31-21-6-2-3-11-34(21)28(19)37)26-32-22(16-7-9-17(29)10-8-16)27(40-26)33-25(36)20-5-4-13-39-20/h2-11,13,15,30H,12,14H2,1H3,(H,33,36). The van der Waals surface area contributed by atoms with Crippen LogP contribution < -0.4 is 16.4 Å². The van der Waals surface area contributed by atoms with Crippen LogP contribution in [0.5, 0.6) is 0 Å². The summed E-state index contributed by atoms with van der Waals surface area (Å²) < 4.78 is 13.7. The van der Waals surface area contributed by atoms with E-state index in [1.807, 2.05) is 0 Å². The Hall–Kier alpha value is -4.58. The molecule has 0 aliphatic rings. The van der Waals surface area contributed by atoms with E-state index in [2.05, 4.69) is 10.3 Å². The van der Waals surface area contributed by atoms with Gasteiger partial charge in [-0.1, -0.05) is 41.1 Å². The first kappa shape index (κ1) is 25.7. The molecule has 0 unspecified atom stereocenters. The lowest BCUT2D eigenvalue weighted by molar-refractivity contribution is 0.0997. The number of ether oxygens (including phenoxy) is 1. The van der Waals surface area contributed by atoms with Crippen molar-refractivity contribution < 1.29 is 13.9 Å². The van der Waals surface area contributed by atoms with E-state index in [9.17, 15) is 9.59 Å². The van der Waals surface area contributed by atoms with Crippen molar-refractivity contribution in [2.75, 3.05) is 19.0 Å². The number of benzene rings is 1. The highest BCUT2D eigenvalue weighted by Gasteiger charge is 2.22. The van der Waals surface area contributed by atoms with Gasteiger partial charge in [0.15, 0.2) is 5.76 Å². The van der Waals surface area contributed by atoms with Crippen molar-refractivity contribution in [3.63, 3.8) is 0 Å². The highest BCUT2D eigenvalue weighted by atomic mass is 35.5. The summed E-state index contributed by atoms with van der Waals surface area (Å²) in [6, 6.07) is 17.2. The third-order valence-corrected chi connectivity index (χ3v) is 7.54. The fourth-order valence-corrected chi connectivity index (χ4v) is 5.47. The SMILES string of the molecule is COCCn1c(=N)c(-c2nc(-c3ccc(Cl)cc3)c(NC(=O)c3ccco3)s2)cc2c(=O)n3ccccc3nc21. The van der Waals surface area contributed by atoms with Gasteiger partial charge in [0, 0.05) is 30.4 Å². The van der Waals surface area contributed by atoms with Gasteiger partial charge in [0.05, 0.1) is 23.8 Å². The quantitative estimate of drug-likeness (QED) is 0.257. The fraction of sp³-hybridized carbons (Fsp3) is 0.107. The van der Waals surface area contributed by atoms with Crippen LogP contribution in [0.4, 0.5) is 5.00 Å². The number of halogens is 1. The number of furan rings is 1. The minimum atomic E-state index is -0.441. The molecule has 0 radical (unpaired) electrons. The number of anilines is 1. The lowest BCUT2D eigenvalue weighted by Gasteiger charge is -2.13. The Balaban J connectivity index is 1.57. The van der Waals surface area contributed by atoms with Crippen LogP contribution in [0.1, 0.15) is 10.6 Å². The van der Waals surface area contributed by atoms with Gasteiger partial charge in [0.25, 0.3) is 11.5 Å². The van der Waals surface area contributed by atoms with Crippen LogP contribution in [0.2, 0.25) is 5.02 Å². The van der Waals surface area contributed by atoms with E-state index < -0.39 is 5.91 Å². The molecule has 0 spiro atoms. The van der Waals surface area contributed by atoms with E-state index in [0.717, 1.165) is 0 Å². The van der Waals surface area contributed by atoms with E-state index in [0.29, 0.717) is 61.7 Å². The summed E-state index contributed by atoms with van der Waals surface area (Å²) in [5, 5.41) is 13.8. The molecule has 12 heteroatoms. The summed E-state index contributed by atoms with van der Waals surface area (Å²) in [6.07, 6.45) is 3.08. The maximum atomic E-state index is 13.5. The van der Waals surface area contributed by atoms with Crippen LogP contribution in [-0.4, -0.2) is 38.6 Å². The number of methoxy groups -OCH3 is 1. The molecule has 1 amide bonds. The second kappa shape index (κ2) is 10.5. The number of amides is 1. The van der Waals surface area contributed by atoms with Crippen molar-refractivity contribution in [2.45, 2.75) is 6.54 Å². The minimum Gasteiger partial charge on any atom is -0.459 e. The molecule has 0 aliphatic carbocycles. The van der Waals surface area contributed by atoms with E-state index in [4.69, 9.17) is 31.1 Å². The van der Waals surface area contributed by atoms with Crippen molar-refractivity contribution in [1.29, 1.82) is 5.41 Å². The van der Waals surface area contributed by atoms with Gasteiger partial charge >= 0.3 is 0 Å². The minimum absolute atomic E-state index is 0.108. The lowest BCUT2D eigenvalue weighted by atomic mass is 10.1. The van der Waals surface area contributed by atoms with Crippen molar-refractivity contribution in [2.24, 2.45) is 0 Å². The van der Waals surface area contributed by atoms with Gasteiger partial charge in [-0.15, -0.1) is 0 Å². The number of pyridine rings is 2. The molecule has 0 saturated heterocycles. The Morgan fingerprint density at radius 1 is 1.15 bits per heavy atom. The summed E-state index contributed by atoms with van der Waals surface area (Å²) in [4.78, 5) is 35.9. The molecular formula is C28H21ClN6O4S. The van der Waals surface area contributed by atoms with Crippen molar-refractivity contribution in [3.8, 4) is 21.8 Å². The number of hydrogen-bond acceptors (Lipinski definition) is 8. The van der Waals surface area contributed by atoms with Crippen LogP contribution in [0, 0.1) is 5.41 Å². The normalized spacial score (nSPS) is 11.3. The molecule has 6 aromatic rings. The molecular weight excluding hydrogens is 552 g/mol. The monoisotopic (exact) mass is 572 g/mol. The van der Waals surface area contributed by atoms with Gasteiger partial charge in [-0.2, -0.15) is 0 Å². The maximum absolute atomic E-state index is 13.5. The molecule has 0 saturated carbocycles. The summed E-state index contributed by atoms with van der Waals surface area (Å²) >= 11 is 7.30. The molecule has 0 atom stereocenters. The molecule has 2 N–H and O–H groups in total. The van der Waals surface area contributed by atoms with Crippen molar-refractivity contribution in [3.05, 3.63) is 99.7 Å². The molecule has 5 aromatic heterocycles. The summed E-state index contributed by atoms with van der Waals surface area (Å²) in [5.41, 5.74) is 2.31. The third-order valence-electron chi connectivity index (χ3n) is 6.28. The Bertz CT molecular complexity index is 1990. The van der Waals surface area contributed by atoms with Crippen LogP contribution in [0.3, 0.4) is 0 Å². The van der Waals surface area contributed by atoms with Crippen LogP contribution >= 0.6 is 22.9 Å². The summed E-state index contributed by atoms with van der Waals surface area (Å²) in [7, 11) is 1.57. The smallest absolute Gasteiger partial charge is 0.292 e. The average molecular weight is 573 g/mol. The third kappa shape index (κ3) is 4.60. The largest absolute Gasteiger partial charge is 0.459 e. The predicted molar refractivity (Wildman–Crippen MR) is 153 cm³/mol. The Kier molecular flexibility index (Phi) is 6.76. The van der Waals surface area contributed by atoms with Gasteiger partial charge in [0.1, 0.15) is 32.5 Å². The first-order chi connectivity index (χ1) is 19.4. The van der Waals surface area contributed by atoms with Crippen LogP contribution in [-0.2, 0) is 11.3 Å². The Morgan fingerprint density at radius 3 is 2.73 bits per heavy atom. The number of carbonyl (C=O) groups is 1. The molecule has 0 fully saturated rings. The molecule has 6 rings (SSSR count). The van der Waals surface area contributed by atoms with Crippen molar-refractivity contribution >= 4 is 50.5 Å². The van der Waals surface area contributed by atoms with E-state index in [1.54, 1.807) is 78.5 Å². The zero-order valence-electron chi connectivity index (χ0n) is 21.1. The number of nitrogens with zero attached hydrogens (tertiary/aromatic N) is 4. The Labute approximate surface area is 235 Å². The van der Waals surface area contributed by atoms with Gasteiger partial charge in [-0.25, -0.2) is 9.97 Å². The Morgan fingerprint density at radius 2 is 1.98 bits per heavy atom. The van der Waals surface area contributed by atoms with Gasteiger partial charge in [-0.05, 0) is 42.5 Å². The highest BCUT2D eigenvalue weighted by Crippen LogP contribution is 2.38. The first-order valence-electron chi connectivity index (χ1n) is 12.1. The number of thiazole rings is 1. The average Bonchev–Trinajstić information content (AvgIpc) is 3.64. The molecule has 200 valence electrons. The van der Waals surface area contributed by atoms with Gasteiger partial charge in [0.2, 0.25) is 0 Å². The molecule has 0 aliphatic heterocycles. The second-order valence-electron chi connectivity index (χ2n) is 8.77. The summed E-state index contributed by atoms with van der Waals surface area (Å²) in [5.74, 6) is -0.295. The second-order valence-corrected chi connectivity index (χ2v) is 10.2. The lowest BCUT2D eigenvalue weighted by Crippen LogP contribution is -2.28. The van der Waals surface area contributed by atoms with Crippen LogP contribution in [0.15, 0.2) is 82.3 Å². The topological polar surface area (TPSA) is 128 Å². The number of nitrogens with one attached hydrogen (secondary N) is 2. The zero-order valence-corrected chi connectivity index (χ0v) is 22.6. The number of aromatic nitrogens is 4. The van der Waals surface area contributed by atoms with E-state index >= 15 is 0 Å². The number of rotatable bonds is 7. The molecule has 5 heterocycles. The van der Waals surface area contributed by atoms with Crippen molar-refractivity contribution in [1.82, 2.24) is 18.9 Å². The predicted octanol–water partition coefficient (Wildman–Crippen LogP) is 5.06. The highest BCUT2D eigenvalue weighted by molar-refractivity contribution is 7.19.